The van der Waals surface area contributed by atoms with Gasteiger partial charge in [-0.2, -0.15) is 0 Å². The van der Waals surface area contributed by atoms with E-state index in [1.54, 1.807) is 0 Å². The predicted molar refractivity (Wildman–Crippen MR) is 89.1 cm³/mol. The van der Waals surface area contributed by atoms with Crippen molar-refractivity contribution in [2.24, 2.45) is 10.9 Å². The summed E-state index contributed by atoms with van der Waals surface area (Å²) < 4.78 is 5.68. The second-order valence-electron chi connectivity index (χ2n) is 5.20. The maximum atomic E-state index is 5.83. The van der Waals surface area contributed by atoms with Crippen LogP contribution >= 0.6 is 0 Å². The van der Waals surface area contributed by atoms with Gasteiger partial charge in [0.1, 0.15) is 18.2 Å². The van der Waals surface area contributed by atoms with Gasteiger partial charge in [-0.25, -0.2) is 0 Å². The van der Waals surface area contributed by atoms with Crippen LogP contribution in [0.2, 0.25) is 0 Å². The van der Waals surface area contributed by atoms with Crippen LogP contribution in [-0.4, -0.2) is 19.0 Å². The zero-order chi connectivity index (χ0) is 15.8. The normalized spacial score (nSPS) is 11.3. The highest BCUT2D eigenvalue weighted by Gasteiger charge is 2.00. The van der Waals surface area contributed by atoms with E-state index in [2.05, 4.69) is 11.2 Å². The molecule has 2 aromatic rings. The lowest BCUT2D eigenvalue weighted by Crippen LogP contribution is -2.16. The smallest absolute Gasteiger partial charge is 0.151 e. The topological polar surface area (TPSA) is 56.8 Å². The fourth-order valence-electron chi connectivity index (χ4n) is 2.02. The molecule has 4 nitrogen and oxygen atoms in total. The first-order valence-corrected chi connectivity index (χ1v) is 7.33. The van der Waals surface area contributed by atoms with Crippen LogP contribution < -0.4 is 10.5 Å². The van der Waals surface area contributed by atoms with Crippen LogP contribution in [0.25, 0.3) is 0 Å². The van der Waals surface area contributed by atoms with E-state index in [1.807, 2.05) is 56.3 Å². The molecule has 0 aliphatic rings. The van der Waals surface area contributed by atoms with Crippen molar-refractivity contribution in [3.05, 3.63) is 65.2 Å². The Hall–Kier alpha value is -2.49. The monoisotopic (exact) mass is 298 g/mol. The number of oxime groups is 1. The Labute approximate surface area is 131 Å². The molecule has 2 aromatic carbocycles. The van der Waals surface area contributed by atoms with Gasteiger partial charge in [-0.3, -0.25) is 0 Å². The van der Waals surface area contributed by atoms with Crippen LogP contribution in [0.1, 0.15) is 16.7 Å². The summed E-state index contributed by atoms with van der Waals surface area (Å²) in [5.41, 5.74) is 9.22. The third kappa shape index (κ3) is 5.13. The molecule has 0 atom stereocenters. The molecule has 0 bridgehead atoms. The molecular weight excluding hydrogens is 276 g/mol. The number of rotatable bonds is 7. The molecule has 0 aromatic heterocycles. The van der Waals surface area contributed by atoms with E-state index in [1.165, 1.54) is 5.56 Å². The molecule has 0 aliphatic carbocycles. The summed E-state index contributed by atoms with van der Waals surface area (Å²) in [5.74, 6) is 1.34. The summed E-state index contributed by atoms with van der Waals surface area (Å²) in [6.07, 6.45) is 0.582. The van der Waals surface area contributed by atoms with Crippen LogP contribution in [0.3, 0.4) is 0 Å². The van der Waals surface area contributed by atoms with Gasteiger partial charge in [0.05, 0.1) is 0 Å². The van der Waals surface area contributed by atoms with Crippen LogP contribution in [0, 0.1) is 13.8 Å². The maximum Gasteiger partial charge on any atom is 0.151 e. The van der Waals surface area contributed by atoms with E-state index >= 15 is 0 Å². The van der Waals surface area contributed by atoms with Crippen molar-refractivity contribution in [1.82, 2.24) is 0 Å². The third-order valence-corrected chi connectivity index (χ3v) is 3.19. The van der Waals surface area contributed by atoms with Crippen LogP contribution in [0.5, 0.6) is 5.75 Å². The Morgan fingerprint density at radius 3 is 2.59 bits per heavy atom. The number of hydrogen-bond acceptors (Lipinski definition) is 3. The Balaban J connectivity index is 1.72. The summed E-state index contributed by atoms with van der Waals surface area (Å²) >= 11 is 0. The second kappa shape index (κ2) is 8.08. The van der Waals surface area contributed by atoms with Gasteiger partial charge in [-0.05, 0) is 36.6 Å². The summed E-state index contributed by atoms with van der Waals surface area (Å²) in [5, 5.41) is 3.91. The van der Waals surface area contributed by atoms with E-state index in [9.17, 15) is 0 Å². The number of benzene rings is 2. The predicted octanol–water partition coefficient (Wildman–Crippen LogP) is 3.21. The molecule has 2 N–H and O–H groups in total. The third-order valence-electron chi connectivity index (χ3n) is 3.19. The number of aryl methyl sites for hydroxylation is 2. The maximum absolute atomic E-state index is 5.83. The van der Waals surface area contributed by atoms with Crippen molar-refractivity contribution in [2.45, 2.75) is 20.3 Å². The van der Waals surface area contributed by atoms with E-state index in [0.29, 0.717) is 25.5 Å². The minimum Gasteiger partial charge on any atom is -0.490 e. The number of ether oxygens (including phenoxy) is 1. The van der Waals surface area contributed by atoms with Crippen molar-refractivity contribution in [1.29, 1.82) is 0 Å². The molecule has 0 saturated carbocycles. The molecule has 4 heteroatoms. The first-order chi connectivity index (χ1) is 10.6. The molecule has 0 spiro atoms. The number of nitrogens with two attached hydrogens (primary N) is 1. The average Bonchev–Trinajstić information content (AvgIpc) is 2.51. The zero-order valence-corrected chi connectivity index (χ0v) is 13.1. The quantitative estimate of drug-likeness (QED) is 0.369. The van der Waals surface area contributed by atoms with Crippen molar-refractivity contribution in [3.63, 3.8) is 0 Å². The number of amidine groups is 1. The minimum atomic E-state index is 0.364. The van der Waals surface area contributed by atoms with Gasteiger partial charge < -0.3 is 15.3 Å². The van der Waals surface area contributed by atoms with Crippen LogP contribution in [0.4, 0.5) is 0 Å². The highest BCUT2D eigenvalue weighted by Crippen LogP contribution is 2.18. The van der Waals surface area contributed by atoms with E-state index in [0.717, 1.165) is 16.9 Å². The Bertz CT molecular complexity index is 624. The van der Waals surface area contributed by atoms with Crippen molar-refractivity contribution in [2.75, 3.05) is 13.2 Å². The lowest BCUT2D eigenvalue weighted by atomic mass is 10.1. The molecule has 0 aliphatic heterocycles. The molecule has 2 rings (SSSR count). The van der Waals surface area contributed by atoms with Crippen LogP contribution in [0.15, 0.2) is 53.7 Å². The fourth-order valence-corrected chi connectivity index (χ4v) is 2.02. The van der Waals surface area contributed by atoms with Gasteiger partial charge in [0, 0.05) is 6.42 Å². The van der Waals surface area contributed by atoms with Gasteiger partial charge in [0.15, 0.2) is 6.61 Å². The molecule has 0 heterocycles. The zero-order valence-electron chi connectivity index (χ0n) is 13.1. The molecule has 0 amide bonds. The SMILES string of the molecule is Cc1ccc(C)c(OCCO/N=C(/N)Cc2ccccc2)c1. The largest absolute Gasteiger partial charge is 0.490 e. The van der Waals surface area contributed by atoms with Gasteiger partial charge in [-0.15, -0.1) is 0 Å². The lowest BCUT2D eigenvalue weighted by molar-refractivity contribution is 0.106. The van der Waals surface area contributed by atoms with Gasteiger partial charge >= 0.3 is 0 Å². The summed E-state index contributed by atoms with van der Waals surface area (Å²) in [7, 11) is 0. The van der Waals surface area contributed by atoms with Crippen molar-refractivity contribution in [3.8, 4) is 5.75 Å². The average molecular weight is 298 g/mol. The van der Waals surface area contributed by atoms with E-state index in [-0.39, 0.29) is 0 Å². The summed E-state index contributed by atoms with van der Waals surface area (Å²) in [6, 6.07) is 16.1. The molecule has 0 radical (unpaired) electrons. The standard InChI is InChI=1S/C18H22N2O2/c1-14-8-9-15(2)17(12-14)21-10-11-22-20-18(19)13-16-6-4-3-5-7-16/h3-9,12H,10-11,13H2,1-2H3,(H2,19,20). The number of hydrogen-bond donors (Lipinski definition) is 1. The Morgan fingerprint density at radius 2 is 1.82 bits per heavy atom. The Morgan fingerprint density at radius 1 is 1.05 bits per heavy atom. The van der Waals surface area contributed by atoms with Gasteiger partial charge in [0.25, 0.3) is 0 Å². The first kappa shape index (κ1) is 15.9. The lowest BCUT2D eigenvalue weighted by Gasteiger charge is -2.09. The molecule has 0 saturated heterocycles. The number of nitrogens with zero attached hydrogens (tertiary/aromatic N) is 1. The highest BCUT2D eigenvalue weighted by atomic mass is 16.6. The first-order valence-electron chi connectivity index (χ1n) is 7.33. The molecule has 116 valence electrons. The summed E-state index contributed by atoms with van der Waals surface area (Å²) in [4.78, 5) is 5.20. The highest BCUT2D eigenvalue weighted by molar-refractivity contribution is 5.82. The molecule has 22 heavy (non-hydrogen) atoms. The second-order valence-corrected chi connectivity index (χ2v) is 5.20. The molecular formula is C18H22N2O2. The Kier molecular flexibility index (Phi) is 5.83. The van der Waals surface area contributed by atoms with Gasteiger partial charge in [0.2, 0.25) is 0 Å². The fraction of sp³-hybridized carbons (Fsp3) is 0.278. The summed E-state index contributed by atoms with van der Waals surface area (Å²) in [6.45, 7) is 4.86. The van der Waals surface area contributed by atoms with E-state index < -0.39 is 0 Å². The minimum absolute atomic E-state index is 0.364. The molecule has 0 fully saturated rings. The van der Waals surface area contributed by atoms with Crippen LogP contribution in [-0.2, 0) is 11.3 Å². The molecule has 0 unspecified atom stereocenters. The van der Waals surface area contributed by atoms with E-state index in [4.69, 9.17) is 15.3 Å². The van der Waals surface area contributed by atoms with Crippen molar-refractivity contribution < 1.29 is 9.57 Å². The van der Waals surface area contributed by atoms with Gasteiger partial charge in [-0.1, -0.05) is 47.6 Å². The van der Waals surface area contributed by atoms with Crippen molar-refractivity contribution >= 4 is 5.84 Å².